The predicted octanol–water partition coefficient (Wildman–Crippen LogP) is 0.672. The largest absolute Gasteiger partial charge is 0.476 e. The van der Waals surface area contributed by atoms with Crippen LogP contribution in [-0.4, -0.2) is 93.6 Å². The van der Waals surface area contributed by atoms with Gasteiger partial charge < -0.3 is 35.1 Å². The topological polar surface area (TPSA) is 218 Å². The maximum atomic E-state index is 13.3. The monoisotopic (exact) mass is 574 g/mol. The Morgan fingerprint density at radius 1 is 1.38 bits per heavy atom. The van der Waals surface area contributed by atoms with Crippen LogP contribution in [0.3, 0.4) is 0 Å². The van der Waals surface area contributed by atoms with Crippen molar-refractivity contribution >= 4 is 37.0 Å². The average Bonchev–Trinajstić information content (AvgIpc) is 3.39. The molecule has 0 saturated carbocycles. The van der Waals surface area contributed by atoms with Crippen molar-refractivity contribution in [2.75, 3.05) is 32.7 Å². The number of phosphoric acid groups is 1. The van der Waals surface area contributed by atoms with Gasteiger partial charge in [-0.2, -0.15) is 9.97 Å². The Morgan fingerprint density at radius 3 is 2.79 bits per heavy atom. The lowest BCUT2D eigenvalue weighted by atomic mass is 9.96. The number of esters is 1. The Hall–Kier alpha value is -3.08. The smallest absolute Gasteiger partial charge is 0.475 e. The summed E-state index contributed by atoms with van der Waals surface area (Å²) in [5.74, 6) is -0.767. The number of methoxy groups -OCH3 is 1. The molecule has 2 aromatic heterocycles. The second kappa shape index (κ2) is 11.2. The quantitative estimate of drug-likeness (QED) is 0.277. The minimum atomic E-state index is -4.35. The van der Waals surface area contributed by atoms with Crippen molar-refractivity contribution in [3.8, 4) is 5.88 Å². The van der Waals surface area contributed by atoms with Crippen LogP contribution in [0.5, 0.6) is 5.88 Å². The summed E-state index contributed by atoms with van der Waals surface area (Å²) in [6.45, 7) is 5.81. The number of phosphoric ester groups is 1. The molecular weight excluding hydrogens is 543 g/mol. The summed E-state index contributed by atoms with van der Waals surface area (Å²) < 4.78 is 52.1. The summed E-state index contributed by atoms with van der Waals surface area (Å²) in [5, 5.41) is 13.7. The van der Waals surface area contributed by atoms with Crippen LogP contribution in [0.25, 0.3) is 11.2 Å². The van der Waals surface area contributed by atoms with Crippen molar-refractivity contribution in [3.05, 3.63) is 6.33 Å². The number of nitrogens with two attached hydrogens (primary N) is 1. The number of carbonyl (C=O) groups is 2. The molecule has 0 spiro atoms. The molecule has 2 aromatic rings. The first-order valence-electron chi connectivity index (χ1n) is 12.0. The second-order valence-electron chi connectivity index (χ2n) is 9.14. The second-order valence-corrected chi connectivity index (χ2v) is 10.8. The maximum Gasteiger partial charge on any atom is 0.475 e. The highest BCUT2D eigenvalue weighted by molar-refractivity contribution is 7.48. The van der Waals surface area contributed by atoms with Crippen molar-refractivity contribution < 1.29 is 51.8 Å². The van der Waals surface area contributed by atoms with Crippen molar-refractivity contribution in [1.29, 1.82) is 0 Å². The van der Waals surface area contributed by atoms with E-state index in [1.54, 1.807) is 20.8 Å². The molecule has 0 aromatic carbocycles. The normalized spacial score (nSPS) is 29.2. The number of anilines is 1. The minimum Gasteiger partial charge on any atom is -0.476 e. The first-order chi connectivity index (χ1) is 18.4. The van der Waals surface area contributed by atoms with E-state index in [4.69, 9.17) is 33.5 Å². The van der Waals surface area contributed by atoms with Crippen molar-refractivity contribution in [1.82, 2.24) is 24.8 Å². The van der Waals surface area contributed by atoms with Crippen molar-refractivity contribution in [2.45, 2.75) is 63.9 Å². The summed E-state index contributed by atoms with van der Waals surface area (Å²) in [6.07, 6.45) is -3.24. The van der Waals surface area contributed by atoms with E-state index in [0.29, 0.717) is 12.1 Å². The summed E-state index contributed by atoms with van der Waals surface area (Å²) in [7, 11) is -3.24. The molecule has 0 aliphatic carbocycles. The molecule has 39 heavy (non-hydrogen) atoms. The molecule has 0 radical (unpaired) electrons. The number of aliphatic hydroxyl groups is 1. The summed E-state index contributed by atoms with van der Waals surface area (Å²) in [5.41, 5.74) is 4.56. The van der Waals surface area contributed by atoms with Crippen LogP contribution in [0.2, 0.25) is 0 Å². The fraction of sp³-hybridized carbons (Fsp3) is 0.667. The number of nitrogens with one attached hydrogen (secondary N) is 1. The van der Waals surface area contributed by atoms with E-state index in [1.807, 2.05) is 0 Å². The lowest BCUT2D eigenvalue weighted by Crippen LogP contribution is -2.48. The molecule has 4 rings (SSSR count). The highest BCUT2D eigenvalue weighted by Crippen LogP contribution is 2.59. The third-order valence-corrected chi connectivity index (χ3v) is 7.23. The van der Waals surface area contributed by atoms with E-state index >= 15 is 0 Å². The zero-order valence-electron chi connectivity index (χ0n) is 21.9. The number of alkyl carbamates (subject to hydrolysis) is 1. The standard InChI is InChI=1S/C21H31N6O11P/c1-6-33-16-13-15(25-19(22)26-16)27(9-23-13)18-21(4,30)14-12(37-18)8-35-39(31,38-14)34-7-11(24-20(29)32-5)17(28)36-10(2)3/h9-12,14,18,30H,6-8H2,1-5H3,(H,24,29)(H2,22,25,26)/t11-,12-,14-,18-,21-,39+/m1/s1. The molecular formula is C21H31N6O11P. The third kappa shape index (κ3) is 5.92. The van der Waals surface area contributed by atoms with Gasteiger partial charge in [0.2, 0.25) is 11.8 Å². The van der Waals surface area contributed by atoms with Crippen molar-refractivity contribution in [2.24, 2.45) is 0 Å². The number of hydrogen-bond donors (Lipinski definition) is 3. The summed E-state index contributed by atoms with van der Waals surface area (Å²) >= 11 is 0. The molecule has 6 atom stereocenters. The molecule has 2 saturated heterocycles. The van der Waals surface area contributed by atoms with Gasteiger partial charge in [0.05, 0.1) is 39.4 Å². The van der Waals surface area contributed by atoms with E-state index < -0.39 is 62.7 Å². The number of ether oxygens (including phenoxy) is 4. The number of rotatable bonds is 9. The number of amides is 1. The first kappa shape index (κ1) is 28.9. The van der Waals surface area contributed by atoms with Crippen LogP contribution in [0.4, 0.5) is 10.7 Å². The van der Waals surface area contributed by atoms with Crippen LogP contribution in [0.1, 0.15) is 33.9 Å². The number of nitrogen functional groups attached to an aromatic ring is 1. The highest BCUT2D eigenvalue weighted by Gasteiger charge is 2.60. The van der Waals surface area contributed by atoms with Gasteiger partial charge in [0.25, 0.3) is 0 Å². The van der Waals surface area contributed by atoms with Crippen molar-refractivity contribution in [3.63, 3.8) is 0 Å². The maximum absolute atomic E-state index is 13.3. The zero-order valence-corrected chi connectivity index (χ0v) is 22.8. The third-order valence-electron chi connectivity index (χ3n) is 5.81. The van der Waals surface area contributed by atoms with Crippen LogP contribution in [-0.2, 0) is 37.1 Å². The lowest BCUT2D eigenvalue weighted by molar-refractivity contribution is -0.151. The first-order valence-corrected chi connectivity index (χ1v) is 13.5. The van der Waals surface area contributed by atoms with Crippen LogP contribution in [0, 0.1) is 0 Å². The number of aromatic nitrogens is 4. The Balaban J connectivity index is 1.53. The van der Waals surface area contributed by atoms with Crippen LogP contribution in [0.15, 0.2) is 6.33 Å². The number of imidazole rings is 1. The molecule has 0 unspecified atom stereocenters. The van der Waals surface area contributed by atoms with Gasteiger partial charge in [0, 0.05) is 0 Å². The molecule has 2 aliphatic rings. The molecule has 1 amide bonds. The zero-order chi connectivity index (χ0) is 28.5. The molecule has 2 fully saturated rings. The van der Waals surface area contributed by atoms with Crippen LogP contribution >= 0.6 is 7.82 Å². The predicted molar refractivity (Wildman–Crippen MR) is 130 cm³/mol. The Morgan fingerprint density at radius 2 is 2.13 bits per heavy atom. The molecule has 18 heteroatoms. The number of fused-ring (bicyclic) bond motifs is 2. The Kier molecular flexibility index (Phi) is 8.30. The Labute approximate surface area is 222 Å². The van der Waals surface area contributed by atoms with Gasteiger partial charge in [-0.1, -0.05) is 0 Å². The molecule has 216 valence electrons. The molecule has 2 aliphatic heterocycles. The van der Waals surface area contributed by atoms with Gasteiger partial charge in [-0.15, -0.1) is 0 Å². The highest BCUT2D eigenvalue weighted by atomic mass is 31.2. The summed E-state index contributed by atoms with van der Waals surface area (Å²) in [6, 6.07) is -1.38. The molecule has 4 N–H and O–H groups in total. The van der Waals surface area contributed by atoms with E-state index in [-0.39, 0.29) is 24.1 Å². The van der Waals surface area contributed by atoms with Gasteiger partial charge >= 0.3 is 19.9 Å². The fourth-order valence-corrected chi connectivity index (χ4v) is 5.59. The van der Waals surface area contributed by atoms with Gasteiger partial charge in [-0.3, -0.25) is 18.1 Å². The van der Waals surface area contributed by atoms with Gasteiger partial charge in [0.1, 0.15) is 17.8 Å². The summed E-state index contributed by atoms with van der Waals surface area (Å²) in [4.78, 5) is 36.6. The molecule has 0 bridgehead atoms. The number of nitrogens with zero attached hydrogens (tertiary/aromatic N) is 4. The number of hydrogen-bond acceptors (Lipinski definition) is 15. The van der Waals surface area contributed by atoms with Gasteiger partial charge in [0.15, 0.2) is 23.4 Å². The van der Waals surface area contributed by atoms with Crippen LogP contribution < -0.4 is 15.8 Å². The minimum absolute atomic E-state index is 0.0775. The van der Waals surface area contributed by atoms with E-state index in [0.717, 1.165) is 7.11 Å². The van der Waals surface area contributed by atoms with Gasteiger partial charge in [-0.05, 0) is 27.7 Å². The van der Waals surface area contributed by atoms with Gasteiger partial charge in [-0.25, -0.2) is 19.1 Å². The molecule has 17 nitrogen and oxygen atoms in total. The number of carbonyl (C=O) groups excluding carboxylic acids is 2. The average molecular weight is 574 g/mol. The van der Waals surface area contributed by atoms with E-state index in [1.165, 1.54) is 17.8 Å². The van der Waals surface area contributed by atoms with E-state index in [2.05, 4.69) is 25.0 Å². The Bertz CT molecular complexity index is 1270. The lowest BCUT2D eigenvalue weighted by Gasteiger charge is -2.35. The fourth-order valence-electron chi connectivity index (χ4n) is 4.11. The SMILES string of the molecule is CCOc1nc(N)nc2c1ncn2[C@@H]1O[C@@H]2CO[P@](=O)(OC[C@@H](NC(=O)OC)C(=O)OC(C)C)O[C@H]2[C@@]1(C)O. The van der Waals surface area contributed by atoms with E-state index in [9.17, 15) is 19.3 Å². The molecule has 4 heterocycles.